The third kappa shape index (κ3) is 5.41. The molecular weight excluding hydrogens is 354 g/mol. The van der Waals surface area contributed by atoms with E-state index in [1.54, 1.807) is 0 Å². The number of hydrogen-bond donors (Lipinski definition) is 7. The number of carboxylic acids is 1. The Morgan fingerprint density at radius 1 is 1.35 bits per heavy atom. The predicted octanol–water partition coefficient (Wildman–Crippen LogP) is -3.08. The van der Waals surface area contributed by atoms with Crippen LogP contribution in [0.5, 0.6) is 0 Å². The molecule has 1 rings (SSSR count). The number of rotatable bonds is 10. The molecule has 11 heteroatoms. The second kappa shape index (κ2) is 9.67. The lowest BCUT2D eigenvalue weighted by Crippen LogP contribution is -2.68. The van der Waals surface area contributed by atoms with Crippen LogP contribution in [0.15, 0.2) is 0 Å². The first kappa shape index (κ1) is 22.9. The number of aliphatic hydroxyl groups excluding tert-OH is 5. The average Bonchev–Trinajstić information content (AvgIpc) is 2.59. The van der Waals surface area contributed by atoms with E-state index >= 15 is 0 Å². The normalized spacial score (nSPS) is 32.7. The molecular formula is C15H27NO10. The molecule has 0 aliphatic carbocycles. The van der Waals surface area contributed by atoms with E-state index in [0.717, 1.165) is 7.11 Å². The van der Waals surface area contributed by atoms with Crippen molar-refractivity contribution in [2.24, 2.45) is 0 Å². The lowest BCUT2D eigenvalue weighted by molar-refractivity contribution is -0.306. The lowest BCUT2D eigenvalue weighted by Gasteiger charge is -2.46. The molecule has 0 spiro atoms. The molecule has 0 saturated carbocycles. The van der Waals surface area contributed by atoms with Crippen LogP contribution < -0.4 is 5.32 Å². The zero-order valence-electron chi connectivity index (χ0n) is 14.6. The Balaban J connectivity index is 3.04. The zero-order valence-corrected chi connectivity index (χ0v) is 14.6. The molecule has 2 unspecified atom stereocenters. The monoisotopic (exact) mass is 381 g/mol. The molecule has 152 valence electrons. The molecule has 7 N–H and O–H groups in total. The number of methoxy groups -OCH3 is 1. The number of carbonyl (C=O) groups is 2. The number of Topliss-reactive ketones (excluding diaryl/α,β-unsaturated/α-hetero) is 1. The van der Waals surface area contributed by atoms with Gasteiger partial charge < -0.3 is 44.9 Å². The molecule has 0 aromatic rings. The maximum absolute atomic E-state index is 11.5. The van der Waals surface area contributed by atoms with E-state index in [9.17, 15) is 35.1 Å². The van der Waals surface area contributed by atoms with E-state index in [1.807, 2.05) is 0 Å². The molecule has 0 radical (unpaired) electrons. The van der Waals surface area contributed by atoms with Crippen LogP contribution in [0.1, 0.15) is 26.2 Å². The minimum Gasteiger partial charge on any atom is -0.477 e. The number of carbonyl (C=O) groups excluding carboxylic acids is 1. The van der Waals surface area contributed by atoms with Gasteiger partial charge in [0.2, 0.25) is 0 Å². The highest BCUT2D eigenvalue weighted by Crippen LogP contribution is 2.33. The fourth-order valence-corrected chi connectivity index (χ4v) is 2.78. The molecule has 0 aromatic heterocycles. The molecule has 0 bridgehead atoms. The quantitative estimate of drug-likeness (QED) is 0.190. The first-order valence-corrected chi connectivity index (χ1v) is 8.13. The van der Waals surface area contributed by atoms with Crippen LogP contribution in [-0.4, -0.2) is 98.6 Å². The van der Waals surface area contributed by atoms with E-state index in [2.05, 4.69) is 5.32 Å². The SMILES string of the molecule is CO[C@]1(C(=O)O)C[C@H](O)[C@@H](NC(O)CCC(C)=O)C([C@H](O)[C@H](O)CO)O1. The van der Waals surface area contributed by atoms with Crippen LogP contribution in [0.2, 0.25) is 0 Å². The maximum atomic E-state index is 11.5. The van der Waals surface area contributed by atoms with Crippen LogP contribution in [0.3, 0.4) is 0 Å². The summed E-state index contributed by atoms with van der Waals surface area (Å²) in [5.41, 5.74) is 0. The molecule has 1 aliphatic rings. The van der Waals surface area contributed by atoms with Crippen molar-refractivity contribution in [2.75, 3.05) is 13.7 Å². The molecule has 1 saturated heterocycles. The van der Waals surface area contributed by atoms with Crippen LogP contribution >= 0.6 is 0 Å². The Morgan fingerprint density at radius 3 is 2.42 bits per heavy atom. The third-order valence-corrected chi connectivity index (χ3v) is 4.30. The summed E-state index contributed by atoms with van der Waals surface area (Å²) in [6.45, 7) is 0.499. The van der Waals surface area contributed by atoms with Gasteiger partial charge in [-0.1, -0.05) is 0 Å². The van der Waals surface area contributed by atoms with Crippen molar-refractivity contribution < 1.29 is 49.7 Å². The summed E-state index contributed by atoms with van der Waals surface area (Å²) in [5.74, 6) is -3.99. The third-order valence-electron chi connectivity index (χ3n) is 4.30. The van der Waals surface area contributed by atoms with Gasteiger partial charge in [0.15, 0.2) is 0 Å². The minimum absolute atomic E-state index is 0.0122. The van der Waals surface area contributed by atoms with Crippen molar-refractivity contribution in [3.8, 4) is 0 Å². The fourth-order valence-electron chi connectivity index (χ4n) is 2.78. The van der Waals surface area contributed by atoms with E-state index in [4.69, 9.17) is 14.6 Å². The Labute approximate surface area is 150 Å². The van der Waals surface area contributed by atoms with Gasteiger partial charge in [-0.2, -0.15) is 0 Å². The van der Waals surface area contributed by atoms with Gasteiger partial charge in [0.05, 0.1) is 18.8 Å². The van der Waals surface area contributed by atoms with E-state index in [0.29, 0.717) is 0 Å². The second-order valence-electron chi connectivity index (χ2n) is 6.31. The van der Waals surface area contributed by atoms with Crippen LogP contribution in [-0.2, 0) is 19.1 Å². The van der Waals surface area contributed by atoms with Gasteiger partial charge in [-0.15, -0.1) is 0 Å². The number of aliphatic hydroxyl groups is 5. The van der Waals surface area contributed by atoms with E-state index in [-0.39, 0.29) is 18.6 Å². The van der Waals surface area contributed by atoms with Crippen molar-refractivity contribution in [3.63, 3.8) is 0 Å². The summed E-state index contributed by atoms with van der Waals surface area (Å²) in [6, 6.07) is -1.20. The van der Waals surface area contributed by atoms with E-state index in [1.165, 1.54) is 6.92 Å². The van der Waals surface area contributed by atoms with Gasteiger partial charge in [0.1, 0.15) is 30.3 Å². The summed E-state index contributed by atoms with van der Waals surface area (Å²) in [5, 5.41) is 61.2. The molecule has 26 heavy (non-hydrogen) atoms. The molecule has 1 aliphatic heterocycles. The zero-order chi connectivity index (χ0) is 20.1. The van der Waals surface area contributed by atoms with Gasteiger partial charge in [0.25, 0.3) is 5.79 Å². The van der Waals surface area contributed by atoms with Crippen LogP contribution in [0.25, 0.3) is 0 Å². The Kier molecular flexibility index (Phi) is 8.50. The summed E-state index contributed by atoms with van der Waals surface area (Å²) in [7, 11) is 1.04. The highest BCUT2D eigenvalue weighted by Gasteiger charge is 2.55. The number of ether oxygens (including phenoxy) is 2. The number of hydrogen-bond acceptors (Lipinski definition) is 10. The first-order valence-electron chi connectivity index (χ1n) is 8.13. The second-order valence-corrected chi connectivity index (χ2v) is 6.31. The number of nitrogens with one attached hydrogen (secondary N) is 1. The van der Waals surface area contributed by atoms with Gasteiger partial charge in [-0.3, -0.25) is 5.32 Å². The van der Waals surface area contributed by atoms with Crippen LogP contribution in [0, 0.1) is 0 Å². The fraction of sp³-hybridized carbons (Fsp3) is 0.867. The summed E-state index contributed by atoms with van der Waals surface area (Å²) in [6.07, 6.45) is -8.17. The van der Waals surface area contributed by atoms with Gasteiger partial charge in [-0.05, 0) is 13.3 Å². The topological polar surface area (TPSA) is 186 Å². The molecule has 1 fully saturated rings. The smallest absolute Gasteiger partial charge is 0.364 e. The van der Waals surface area contributed by atoms with Crippen molar-refractivity contribution in [2.45, 2.75) is 68.7 Å². The summed E-state index contributed by atoms with van der Waals surface area (Å²) >= 11 is 0. The van der Waals surface area contributed by atoms with Crippen molar-refractivity contribution in [1.82, 2.24) is 5.32 Å². The predicted molar refractivity (Wildman–Crippen MR) is 84.8 cm³/mol. The molecule has 0 aromatic carbocycles. The Morgan fingerprint density at radius 2 is 1.96 bits per heavy atom. The van der Waals surface area contributed by atoms with Crippen molar-refractivity contribution in [3.05, 3.63) is 0 Å². The minimum atomic E-state index is -2.28. The Bertz CT molecular complexity index is 489. The molecule has 7 atom stereocenters. The maximum Gasteiger partial charge on any atom is 0.364 e. The lowest BCUT2D eigenvalue weighted by atomic mass is 9.88. The number of aliphatic carboxylic acids is 1. The molecule has 11 nitrogen and oxygen atoms in total. The highest BCUT2D eigenvalue weighted by molar-refractivity contribution is 5.76. The van der Waals surface area contributed by atoms with E-state index < -0.39 is 61.5 Å². The summed E-state index contributed by atoms with van der Waals surface area (Å²) < 4.78 is 10.2. The van der Waals surface area contributed by atoms with Gasteiger partial charge >= 0.3 is 5.97 Å². The molecule has 1 heterocycles. The van der Waals surface area contributed by atoms with Gasteiger partial charge in [0, 0.05) is 20.0 Å². The Hall–Kier alpha value is -1.18. The standard InChI is InChI=1S/C15H27NO10/c1-7(18)3-4-10(21)16-11-8(19)5-15(25-2,14(23)24)26-13(11)12(22)9(20)6-17/h8-13,16-17,19-22H,3-6H2,1-2H3,(H,23,24)/t8-,9+,10?,11+,12+,13?,15+/m0/s1. The summed E-state index contributed by atoms with van der Waals surface area (Å²) in [4.78, 5) is 22.5. The van der Waals surface area contributed by atoms with Crippen molar-refractivity contribution >= 4 is 11.8 Å². The average molecular weight is 381 g/mol. The largest absolute Gasteiger partial charge is 0.477 e. The molecule has 0 amide bonds. The first-order chi connectivity index (χ1) is 12.1. The van der Waals surface area contributed by atoms with Gasteiger partial charge in [-0.25, -0.2) is 4.79 Å². The van der Waals surface area contributed by atoms with Crippen molar-refractivity contribution in [1.29, 1.82) is 0 Å². The number of carboxylic acid groups (broad SMARTS) is 1. The van der Waals surface area contributed by atoms with Crippen LogP contribution in [0.4, 0.5) is 0 Å². The number of ketones is 1. The highest BCUT2D eigenvalue weighted by atomic mass is 16.7.